The van der Waals surface area contributed by atoms with E-state index in [1.54, 1.807) is 6.92 Å². The van der Waals surface area contributed by atoms with Crippen LogP contribution in [0.25, 0.3) is 0 Å². The number of nitro benzene ring substituents is 1. The Hall–Kier alpha value is -2.30. The van der Waals surface area contributed by atoms with Crippen LogP contribution in [-0.2, 0) is 6.18 Å². The van der Waals surface area contributed by atoms with Crippen LogP contribution in [0.4, 0.5) is 24.5 Å². The highest BCUT2D eigenvalue weighted by Crippen LogP contribution is 2.38. The molecule has 1 aromatic rings. The quantitative estimate of drug-likeness (QED) is 0.629. The Bertz CT molecular complexity index is 552. The molecule has 1 unspecified atom stereocenters. The van der Waals surface area contributed by atoms with Gasteiger partial charge in [-0.25, -0.2) is 0 Å². The average Bonchev–Trinajstić information content (AvgIpc) is 2.36. The van der Waals surface area contributed by atoms with Crippen LogP contribution in [0.5, 0.6) is 0 Å². The van der Waals surface area contributed by atoms with Crippen LogP contribution >= 0.6 is 0 Å². The maximum absolute atomic E-state index is 12.8. The zero-order valence-electron chi connectivity index (χ0n) is 10.8. The number of nitriles is 1. The summed E-state index contributed by atoms with van der Waals surface area (Å²) >= 11 is 0. The van der Waals surface area contributed by atoms with Gasteiger partial charge < -0.3 is 4.90 Å². The Morgan fingerprint density at radius 3 is 2.55 bits per heavy atom. The van der Waals surface area contributed by atoms with E-state index in [0.717, 1.165) is 12.1 Å². The third kappa shape index (κ3) is 3.60. The first kappa shape index (κ1) is 15.8. The van der Waals surface area contributed by atoms with E-state index in [1.807, 2.05) is 6.07 Å². The highest BCUT2D eigenvalue weighted by molar-refractivity contribution is 5.56. The number of hydrogen-bond acceptors (Lipinski definition) is 4. The van der Waals surface area contributed by atoms with E-state index in [0.29, 0.717) is 0 Å². The molecule has 108 valence electrons. The lowest BCUT2D eigenvalue weighted by Crippen LogP contribution is -2.23. The number of benzene rings is 1. The van der Waals surface area contributed by atoms with Crippen LogP contribution in [-0.4, -0.2) is 18.5 Å². The van der Waals surface area contributed by atoms with Crippen molar-refractivity contribution >= 4 is 11.4 Å². The van der Waals surface area contributed by atoms with Gasteiger partial charge in [0.25, 0.3) is 5.69 Å². The number of nitro groups is 1. The Morgan fingerprint density at radius 2 is 2.10 bits per heavy atom. The van der Waals surface area contributed by atoms with E-state index in [4.69, 9.17) is 5.26 Å². The fourth-order valence-electron chi connectivity index (χ4n) is 1.70. The minimum Gasteiger partial charge on any atom is -0.373 e. The molecule has 1 aromatic carbocycles. The topological polar surface area (TPSA) is 70.2 Å². The lowest BCUT2D eigenvalue weighted by molar-refractivity contribution is -0.388. The van der Waals surface area contributed by atoms with E-state index < -0.39 is 22.4 Å². The smallest absolute Gasteiger partial charge is 0.373 e. The van der Waals surface area contributed by atoms with E-state index >= 15 is 0 Å². The minimum absolute atomic E-state index is 0.171. The highest BCUT2D eigenvalue weighted by atomic mass is 19.4. The third-order valence-corrected chi connectivity index (χ3v) is 2.69. The molecule has 0 fully saturated rings. The van der Waals surface area contributed by atoms with Gasteiger partial charge in [-0.05, 0) is 19.1 Å². The first-order valence-corrected chi connectivity index (χ1v) is 5.63. The lowest BCUT2D eigenvalue weighted by atomic mass is 10.1. The summed E-state index contributed by atoms with van der Waals surface area (Å²) in [4.78, 5) is 11.0. The lowest BCUT2D eigenvalue weighted by Gasteiger charge is -2.21. The summed E-state index contributed by atoms with van der Waals surface area (Å²) in [6, 6.07) is 4.75. The molecule has 20 heavy (non-hydrogen) atoms. The van der Waals surface area contributed by atoms with Crippen LogP contribution in [0.3, 0.4) is 0 Å². The summed E-state index contributed by atoms with van der Waals surface area (Å²) in [6.45, 7) is 1.86. The van der Waals surface area contributed by atoms with Gasteiger partial charge in [0.1, 0.15) is 5.56 Å². The van der Waals surface area contributed by atoms with Gasteiger partial charge in [0.2, 0.25) is 0 Å². The number of hydrogen-bond donors (Lipinski definition) is 0. The molecule has 0 bridgehead atoms. The molecule has 0 amide bonds. The van der Waals surface area contributed by atoms with E-state index in [2.05, 4.69) is 0 Å². The van der Waals surface area contributed by atoms with Crippen molar-refractivity contribution < 1.29 is 18.1 Å². The molecule has 8 heteroatoms. The van der Waals surface area contributed by atoms with Gasteiger partial charge in [0.05, 0.1) is 16.9 Å². The summed E-state index contributed by atoms with van der Waals surface area (Å²) in [5, 5.41) is 19.3. The highest BCUT2D eigenvalue weighted by Gasteiger charge is 2.38. The number of halogens is 3. The largest absolute Gasteiger partial charge is 0.423 e. The molecule has 5 nitrogen and oxygen atoms in total. The van der Waals surface area contributed by atoms with Crippen LogP contribution in [0, 0.1) is 27.4 Å². The van der Waals surface area contributed by atoms with Crippen LogP contribution in [0.2, 0.25) is 0 Å². The first-order chi connectivity index (χ1) is 9.16. The molecule has 0 N–H and O–H groups in total. The minimum atomic E-state index is -4.81. The van der Waals surface area contributed by atoms with Crippen LogP contribution in [0.15, 0.2) is 18.2 Å². The normalized spacial score (nSPS) is 12.6. The predicted molar refractivity (Wildman–Crippen MR) is 66.1 cm³/mol. The van der Waals surface area contributed by atoms with Gasteiger partial charge in [-0.2, -0.15) is 18.4 Å². The maximum atomic E-state index is 12.8. The Morgan fingerprint density at radius 1 is 1.50 bits per heavy atom. The number of nitrogens with zero attached hydrogens (tertiary/aromatic N) is 3. The van der Waals surface area contributed by atoms with Crippen molar-refractivity contribution in [2.24, 2.45) is 5.92 Å². The van der Waals surface area contributed by atoms with E-state index in [-0.39, 0.29) is 18.2 Å². The van der Waals surface area contributed by atoms with Crippen molar-refractivity contribution in [2.75, 3.05) is 18.5 Å². The Labute approximate surface area is 113 Å². The van der Waals surface area contributed by atoms with Gasteiger partial charge in [0.15, 0.2) is 0 Å². The summed E-state index contributed by atoms with van der Waals surface area (Å²) in [5.41, 5.74) is -2.11. The zero-order chi connectivity index (χ0) is 15.5. The second-order valence-corrected chi connectivity index (χ2v) is 4.37. The van der Waals surface area contributed by atoms with Crippen LogP contribution in [0.1, 0.15) is 12.5 Å². The SMILES string of the molecule is CC(C#N)CN(C)c1ccc([N+](=O)[O-])c(C(F)(F)F)c1. The summed E-state index contributed by atoms with van der Waals surface area (Å²) < 4.78 is 38.4. The van der Waals surface area contributed by atoms with E-state index in [9.17, 15) is 23.3 Å². The number of anilines is 1. The second kappa shape index (κ2) is 5.77. The van der Waals surface area contributed by atoms with Crippen molar-refractivity contribution in [1.82, 2.24) is 0 Å². The number of rotatable bonds is 4. The maximum Gasteiger partial charge on any atom is 0.423 e. The molecular formula is C12H12F3N3O2. The van der Waals surface area contributed by atoms with Gasteiger partial charge in [-0.15, -0.1) is 0 Å². The molecule has 0 spiro atoms. The standard InChI is InChI=1S/C12H12F3N3O2/c1-8(6-16)7-17(2)9-3-4-11(18(19)20)10(5-9)12(13,14)15/h3-5,8H,7H2,1-2H3. The van der Waals surface area contributed by atoms with Crippen molar-refractivity contribution in [3.8, 4) is 6.07 Å². The predicted octanol–water partition coefficient (Wildman–Crippen LogP) is 3.21. The molecule has 0 aliphatic heterocycles. The molecule has 0 saturated carbocycles. The Kier molecular flexibility index (Phi) is 4.55. The molecule has 0 aromatic heterocycles. The average molecular weight is 287 g/mol. The van der Waals surface area contributed by atoms with E-state index in [1.165, 1.54) is 18.0 Å². The zero-order valence-corrected chi connectivity index (χ0v) is 10.8. The number of alkyl halides is 3. The van der Waals surface area contributed by atoms with Gasteiger partial charge in [-0.1, -0.05) is 0 Å². The molecular weight excluding hydrogens is 275 g/mol. The summed E-state index contributed by atoms with van der Waals surface area (Å²) in [5.74, 6) is -0.371. The monoisotopic (exact) mass is 287 g/mol. The summed E-state index contributed by atoms with van der Waals surface area (Å²) in [6.07, 6.45) is -4.81. The van der Waals surface area contributed by atoms with Crippen LogP contribution < -0.4 is 4.90 Å². The molecule has 0 radical (unpaired) electrons. The second-order valence-electron chi connectivity index (χ2n) is 4.37. The molecule has 0 heterocycles. The molecule has 1 atom stereocenters. The molecule has 0 saturated heterocycles. The fourth-order valence-corrected chi connectivity index (χ4v) is 1.70. The fraction of sp³-hybridized carbons (Fsp3) is 0.417. The molecule has 1 rings (SSSR count). The van der Waals surface area contributed by atoms with Crippen molar-refractivity contribution in [1.29, 1.82) is 5.26 Å². The summed E-state index contributed by atoms with van der Waals surface area (Å²) in [7, 11) is 1.52. The van der Waals surface area contributed by atoms with Crippen molar-refractivity contribution in [2.45, 2.75) is 13.1 Å². The molecule has 0 aliphatic carbocycles. The third-order valence-electron chi connectivity index (χ3n) is 2.69. The van der Waals surface area contributed by atoms with Gasteiger partial charge in [0, 0.05) is 25.3 Å². The van der Waals surface area contributed by atoms with Crippen molar-refractivity contribution in [3.05, 3.63) is 33.9 Å². The van der Waals surface area contributed by atoms with Gasteiger partial charge >= 0.3 is 6.18 Å². The van der Waals surface area contributed by atoms with Crippen molar-refractivity contribution in [3.63, 3.8) is 0 Å². The first-order valence-electron chi connectivity index (χ1n) is 5.63. The molecule has 0 aliphatic rings. The Balaban J connectivity index is 3.20. The van der Waals surface area contributed by atoms with Gasteiger partial charge in [-0.3, -0.25) is 10.1 Å².